The minimum Gasteiger partial charge on any atom is -0.324 e. The molecule has 116 valence electrons. The van der Waals surface area contributed by atoms with E-state index in [-0.39, 0.29) is 18.4 Å². The first-order valence-corrected chi connectivity index (χ1v) is 7.63. The van der Waals surface area contributed by atoms with Crippen LogP contribution in [0.5, 0.6) is 0 Å². The number of hydrogen-bond donors (Lipinski definition) is 1. The standard InChI is InChI=1S/C17H14BrN3O2/c1-12(22)21(14-6-4-5-13(9-14)10-19)11-17(23)20-16-8-3-2-7-15(16)18/h2-9H,11H2,1H3,(H,20,23). The van der Waals surface area contributed by atoms with Gasteiger partial charge in [0, 0.05) is 17.1 Å². The topological polar surface area (TPSA) is 73.2 Å². The second-order valence-corrected chi connectivity index (χ2v) is 5.65. The highest BCUT2D eigenvalue weighted by atomic mass is 79.9. The van der Waals surface area contributed by atoms with Crippen LogP contribution in [0.1, 0.15) is 12.5 Å². The Morgan fingerprint density at radius 3 is 2.61 bits per heavy atom. The van der Waals surface area contributed by atoms with E-state index in [0.717, 1.165) is 4.47 Å². The molecule has 0 atom stereocenters. The molecule has 0 bridgehead atoms. The fourth-order valence-corrected chi connectivity index (χ4v) is 2.41. The maximum Gasteiger partial charge on any atom is 0.244 e. The molecule has 0 unspecified atom stereocenters. The van der Waals surface area contributed by atoms with Crippen molar-refractivity contribution in [1.82, 2.24) is 0 Å². The van der Waals surface area contributed by atoms with E-state index in [2.05, 4.69) is 21.2 Å². The molecule has 0 spiro atoms. The molecule has 0 aliphatic carbocycles. The summed E-state index contributed by atoms with van der Waals surface area (Å²) in [5.74, 6) is -0.600. The van der Waals surface area contributed by atoms with Gasteiger partial charge in [0.1, 0.15) is 6.54 Å². The molecule has 2 rings (SSSR count). The van der Waals surface area contributed by atoms with E-state index in [9.17, 15) is 9.59 Å². The van der Waals surface area contributed by atoms with E-state index in [0.29, 0.717) is 16.9 Å². The monoisotopic (exact) mass is 371 g/mol. The number of nitrogens with one attached hydrogen (secondary N) is 1. The number of amides is 2. The molecular weight excluding hydrogens is 358 g/mol. The van der Waals surface area contributed by atoms with E-state index < -0.39 is 0 Å². The van der Waals surface area contributed by atoms with Crippen LogP contribution >= 0.6 is 15.9 Å². The summed E-state index contributed by atoms with van der Waals surface area (Å²) in [6.07, 6.45) is 0. The summed E-state index contributed by atoms with van der Waals surface area (Å²) in [7, 11) is 0. The highest BCUT2D eigenvalue weighted by Gasteiger charge is 2.16. The molecular formula is C17H14BrN3O2. The molecule has 23 heavy (non-hydrogen) atoms. The Morgan fingerprint density at radius 2 is 1.96 bits per heavy atom. The minimum atomic E-state index is -0.325. The molecule has 2 amide bonds. The third kappa shape index (κ3) is 4.41. The van der Waals surface area contributed by atoms with Gasteiger partial charge in [-0.2, -0.15) is 5.26 Å². The van der Waals surface area contributed by atoms with E-state index >= 15 is 0 Å². The molecule has 0 aliphatic rings. The number of para-hydroxylation sites is 1. The average molecular weight is 372 g/mol. The molecule has 0 fully saturated rings. The van der Waals surface area contributed by atoms with Crippen LogP contribution in [0.4, 0.5) is 11.4 Å². The predicted molar refractivity (Wildman–Crippen MR) is 92.0 cm³/mol. The van der Waals surface area contributed by atoms with Gasteiger partial charge in [-0.3, -0.25) is 9.59 Å². The molecule has 2 aromatic rings. The number of nitrogens with zero attached hydrogens (tertiary/aromatic N) is 2. The van der Waals surface area contributed by atoms with Crippen molar-refractivity contribution < 1.29 is 9.59 Å². The molecule has 0 saturated carbocycles. The Hall–Kier alpha value is -2.65. The number of carbonyl (C=O) groups is 2. The molecule has 5 nitrogen and oxygen atoms in total. The van der Waals surface area contributed by atoms with E-state index in [1.54, 1.807) is 36.4 Å². The zero-order chi connectivity index (χ0) is 16.8. The van der Waals surface area contributed by atoms with Gasteiger partial charge in [-0.25, -0.2) is 0 Å². The molecule has 0 radical (unpaired) electrons. The summed E-state index contributed by atoms with van der Waals surface area (Å²) >= 11 is 3.35. The summed E-state index contributed by atoms with van der Waals surface area (Å²) in [5.41, 5.74) is 1.57. The molecule has 2 aromatic carbocycles. The molecule has 1 N–H and O–H groups in total. The van der Waals surface area contributed by atoms with E-state index in [1.807, 2.05) is 18.2 Å². The molecule has 0 heterocycles. The SMILES string of the molecule is CC(=O)N(CC(=O)Nc1ccccc1Br)c1cccc(C#N)c1. The van der Waals surface area contributed by atoms with Crippen molar-refractivity contribution in [2.24, 2.45) is 0 Å². The first-order chi connectivity index (χ1) is 11.0. The lowest BCUT2D eigenvalue weighted by atomic mass is 10.2. The van der Waals surface area contributed by atoms with E-state index in [4.69, 9.17) is 5.26 Å². The van der Waals surface area contributed by atoms with Crippen LogP contribution in [0, 0.1) is 11.3 Å². The van der Waals surface area contributed by atoms with Crippen LogP contribution in [0.3, 0.4) is 0 Å². The number of hydrogen-bond acceptors (Lipinski definition) is 3. The number of anilines is 2. The Bertz CT molecular complexity index is 783. The lowest BCUT2D eigenvalue weighted by molar-refractivity contribution is -0.120. The van der Waals surface area contributed by atoms with Crippen LogP contribution in [0.15, 0.2) is 53.0 Å². The van der Waals surface area contributed by atoms with Crippen molar-refractivity contribution in [2.75, 3.05) is 16.8 Å². The smallest absolute Gasteiger partial charge is 0.244 e. The normalized spacial score (nSPS) is 9.78. The first-order valence-electron chi connectivity index (χ1n) is 6.84. The summed E-state index contributed by atoms with van der Waals surface area (Å²) < 4.78 is 0.759. The zero-order valence-electron chi connectivity index (χ0n) is 12.4. The third-order valence-corrected chi connectivity index (χ3v) is 3.81. The predicted octanol–water partition coefficient (Wildman–Crippen LogP) is 3.31. The van der Waals surface area contributed by atoms with Crippen molar-refractivity contribution in [3.05, 3.63) is 58.6 Å². The summed E-state index contributed by atoms with van der Waals surface area (Å²) in [6.45, 7) is 1.25. The van der Waals surface area contributed by atoms with Crippen LogP contribution < -0.4 is 10.2 Å². The fraction of sp³-hybridized carbons (Fsp3) is 0.118. The van der Waals surface area contributed by atoms with Gasteiger partial charge in [-0.15, -0.1) is 0 Å². The fourth-order valence-electron chi connectivity index (χ4n) is 2.02. The molecule has 0 aliphatic heterocycles. The Morgan fingerprint density at radius 1 is 1.22 bits per heavy atom. The van der Waals surface area contributed by atoms with Crippen molar-refractivity contribution in [1.29, 1.82) is 5.26 Å². The van der Waals surface area contributed by atoms with Crippen molar-refractivity contribution in [2.45, 2.75) is 6.92 Å². The summed E-state index contributed by atoms with van der Waals surface area (Å²) in [4.78, 5) is 25.4. The highest BCUT2D eigenvalue weighted by Crippen LogP contribution is 2.21. The first kappa shape index (κ1) is 16.7. The van der Waals surface area contributed by atoms with Crippen LogP contribution in [0.2, 0.25) is 0 Å². The quantitative estimate of drug-likeness (QED) is 0.895. The minimum absolute atomic E-state index is 0.133. The lowest BCUT2D eigenvalue weighted by Crippen LogP contribution is -2.36. The van der Waals surface area contributed by atoms with Crippen molar-refractivity contribution in [3.63, 3.8) is 0 Å². The zero-order valence-corrected chi connectivity index (χ0v) is 14.0. The largest absolute Gasteiger partial charge is 0.324 e. The van der Waals surface area contributed by atoms with Gasteiger partial charge in [0.05, 0.1) is 17.3 Å². The maximum atomic E-state index is 12.2. The molecule has 0 saturated heterocycles. The van der Waals surface area contributed by atoms with Crippen LogP contribution in [-0.4, -0.2) is 18.4 Å². The second-order valence-electron chi connectivity index (χ2n) is 4.80. The van der Waals surface area contributed by atoms with E-state index in [1.165, 1.54) is 11.8 Å². The van der Waals surface area contributed by atoms with Crippen LogP contribution in [0.25, 0.3) is 0 Å². The Labute approximate surface area is 142 Å². The van der Waals surface area contributed by atoms with Gasteiger partial charge in [0.25, 0.3) is 0 Å². The number of benzene rings is 2. The number of nitriles is 1. The van der Waals surface area contributed by atoms with Crippen molar-refractivity contribution in [3.8, 4) is 6.07 Å². The summed E-state index contributed by atoms with van der Waals surface area (Å²) in [5, 5.41) is 11.7. The Kier molecular flexibility index (Phi) is 5.50. The summed E-state index contributed by atoms with van der Waals surface area (Å²) in [6, 6.07) is 15.8. The molecule has 6 heteroatoms. The van der Waals surface area contributed by atoms with Crippen molar-refractivity contribution >= 4 is 39.1 Å². The highest BCUT2D eigenvalue weighted by molar-refractivity contribution is 9.10. The van der Waals surface area contributed by atoms with Gasteiger partial charge in [-0.05, 0) is 46.3 Å². The number of carbonyl (C=O) groups excluding carboxylic acids is 2. The lowest BCUT2D eigenvalue weighted by Gasteiger charge is -2.21. The Balaban J connectivity index is 2.16. The van der Waals surface area contributed by atoms with Gasteiger partial charge < -0.3 is 10.2 Å². The number of halogens is 1. The van der Waals surface area contributed by atoms with Gasteiger partial charge in [0.15, 0.2) is 0 Å². The van der Waals surface area contributed by atoms with Gasteiger partial charge >= 0.3 is 0 Å². The maximum absolute atomic E-state index is 12.2. The van der Waals surface area contributed by atoms with Crippen LogP contribution in [-0.2, 0) is 9.59 Å². The molecule has 0 aromatic heterocycles. The second kappa shape index (κ2) is 7.56. The average Bonchev–Trinajstić information content (AvgIpc) is 2.54. The van der Waals surface area contributed by atoms with Gasteiger partial charge in [-0.1, -0.05) is 18.2 Å². The third-order valence-electron chi connectivity index (χ3n) is 3.12. The number of rotatable bonds is 4. The van der Waals surface area contributed by atoms with Gasteiger partial charge in [0.2, 0.25) is 11.8 Å².